The summed E-state index contributed by atoms with van der Waals surface area (Å²) in [4.78, 5) is 44.9. The molecule has 0 aliphatic heterocycles. The Balaban J connectivity index is 0. The number of sulfone groups is 1. The Morgan fingerprint density at radius 3 is 1.19 bits per heavy atom. The van der Waals surface area contributed by atoms with Crippen LogP contribution in [0.5, 0.6) is 0 Å². The number of thioether (sulfide) groups is 3. The number of aliphatic hydroxyl groups is 3. The summed E-state index contributed by atoms with van der Waals surface area (Å²) in [6.45, 7) is 7.58. The molecule has 13 nitrogen and oxygen atoms in total. The summed E-state index contributed by atoms with van der Waals surface area (Å²) in [5, 5.41) is 54.0. The van der Waals surface area contributed by atoms with Crippen LogP contribution in [0.2, 0.25) is 0 Å². The molecule has 5 aromatic rings. The molecule has 0 radical (unpaired) electrons. The average molecular weight is 1110 g/mol. The maximum atomic E-state index is 12.6. The summed E-state index contributed by atoms with van der Waals surface area (Å²) >= 11 is 7.87. The van der Waals surface area contributed by atoms with Gasteiger partial charge in [0.2, 0.25) is 0 Å². The fourth-order valence-corrected chi connectivity index (χ4v) is 8.09. The number of thiol groups is 1. The van der Waals surface area contributed by atoms with Gasteiger partial charge < -0.3 is 35.8 Å². The Labute approximate surface area is 436 Å². The number of nitrogens with zero attached hydrogens (tertiary/aromatic N) is 1. The smallest absolute Gasteiger partial charge is 0.336 e. The molecule has 72 heavy (non-hydrogen) atoms. The number of carbonyl (C=O) groups excluding carboxylic acids is 2. The highest BCUT2D eigenvalue weighted by molar-refractivity contribution is 8.00. The molecule has 394 valence electrons. The standard InChI is InChI=1S/C10H10FNOS.C10H11FO5S.C10H11FO3S.C9H9FOS.C6H5FS.C4H8O.H2O/c1-10(13,6-12)7-14-9-4-2-8(11)3-5-9;1-10(14,9(12)13)6-17(15,16)8-4-2-7(11)3-5-8;1-10(14,9(12)13)6-15-8-4-2-7(11)3-5-8;1-7(11)6-12-9-4-2-8(10)3-5-9;7-5-1-3-6(8)4-2-5;1-3-4(2)5;/h2-5,13H,7H2,1H3;2-5,14H,6H2,1H3,(H,12,13);2-5,14H,6H2,1H3,(H,12,13);2-5H,6H2,1H3;1-4,8H;3H2,1-2H3;1H2/i;;;;;3D2;. The number of benzene rings is 5. The van der Waals surface area contributed by atoms with Crippen molar-refractivity contribution in [2.45, 2.75) is 89.2 Å². The van der Waals surface area contributed by atoms with Crippen molar-refractivity contribution in [1.29, 1.82) is 5.26 Å². The summed E-state index contributed by atoms with van der Waals surface area (Å²) in [5.41, 5.74) is -5.48. The van der Waals surface area contributed by atoms with E-state index in [-0.39, 0.29) is 50.9 Å². The van der Waals surface area contributed by atoms with Gasteiger partial charge in [-0.15, -0.1) is 47.9 Å². The van der Waals surface area contributed by atoms with Gasteiger partial charge in [-0.25, -0.2) is 40.0 Å². The van der Waals surface area contributed by atoms with Gasteiger partial charge in [-0.2, -0.15) is 5.26 Å². The Bertz CT molecular complexity index is 2640. The van der Waals surface area contributed by atoms with E-state index >= 15 is 0 Å². The van der Waals surface area contributed by atoms with Gasteiger partial charge in [0.1, 0.15) is 40.7 Å². The largest absolute Gasteiger partial charge is 0.479 e. The molecule has 0 amide bonds. The number of ketones is 2. The first kappa shape index (κ1) is 64.7. The Kier molecular flexibility index (Phi) is 30.7. The molecule has 0 fully saturated rings. The van der Waals surface area contributed by atoms with Gasteiger partial charge in [-0.05, 0) is 156 Å². The van der Waals surface area contributed by atoms with E-state index in [1.165, 1.54) is 131 Å². The number of aliphatic carboxylic acids is 2. The molecule has 0 heterocycles. The number of carboxylic acid groups (broad SMARTS) is 2. The van der Waals surface area contributed by atoms with Crippen LogP contribution in [-0.2, 0) is 29.0 Å². The zero-order chi connectivity index (χ0) is 56.4. The molecule has 3 unspecified atom stereocenters. The number of carboxylic acids is 2. The summed E-state index contributed by atoms with van der Waals surface area (Å²) in [6, 6.07) is 29.4. The maximum absolute atomic E-state index is 12.6. The first-order valence-electron chi connectivity index (χ1n) is 21.2. The minimum Gasteiger partial charge on any atom is -0.479 e. The van der Waals surface area contributed by atoms with E-state index in [4.69, 9.17) is 18.2 Å². The van der Waals surface area contributed by atoms with Crippen LogP contribution < -0.4 is 0 Å². The highest BCUT2D eigenvalue weighted by atomic mass is 32.2. The van der Waals surface area contributed by atoms with Crippen molar-refractivity contribution in [1.82, 2.24) is 0 Å². The molecular formula is C49H56F5NO12S5. The lowest BCUT2D eigenvalue weighted by Crippen LogP contribution is -2.41. The van der Waals surface area contributed by atoms with Crippen LogP contribution in [0.3, 0.4) is 0 Å². The van der Waals surface area contributed by atoms with E-state index in [2.05, 4.69) is 12.6 Å². The van der Waals surface area contributed by atoms with Gasteiger partial charge in [0.25, 0.3) is 0 Å². The quantitative estimate of drug-likeness (QED) is 0.0188. The minimum absolute atomic E-state index is 0. The second-order valence-electron chi connectivity index (χ2n) is 15.0. The summed E-state index contributed by atoms with van der Waals surface area (Å²) in [5.74, 6) is -5.13. The minimum atomic E-state index is -3.98. The lowest BCUT2D eigenvalue weighted by atomic mass is 10.1. The fourth-order valence-electron chi connectivity index (χ4n) is 3.92. The number of carbonyl (C=O) groups is 4. The van der Waals surface area contributed by atoms with Crippen molar-refractivity contribution < 1.29 is 83.3 Å². The molecule has 0 saturated carbocycles. The third-order valence-corrected chi connectivity index (χ3v) is 13.9. The summed E-state index contributed by atoms with van der Waals surface area (Å²) in [7, 11) is -3.98. The monoisotopic (exact) mass is 1110 g/mol. The van der Waals surface area contributed by atoms with Crippen LogP contribution in [0, 0.1) is 40.4 Å². The van der Waals surface area contributed by atoms with Crippen LogP contribution in [0.25, 0.3) is 0 Å². The van der Waals surface area contributed by atoms with Crippen molar-refractivity contribution in [2.75, 3.05) is 23.0 Å². The van der Waals surface area contributed by atoms with Crippen LogP contribution >= 0.6 is 47.9 Å². The maximum Gasteiger partial charge on any atom is 0.336 e. The molecule has 5 aromatic carbocycles. The van der Waals surface area contributed by atoms with Crippen LogP contribution in [-0.4, -0.2) is 103 Å². The van der Waals surface area contributed by atoms with Crippen LogP contribution in [0.4, 0.5) is 22.0 Å². The zero-order valence-electron chi connectivity index (χ0n) is 41.5. The number of Topliss-reactive ketones (excluding diaryl/α,β-unsaturated/α-hetero) is 2. The topological polar surface area (TPSA) is 259 Å². The molecule has 0 bridgehead atoms. The SMILES string of the molecule is CC(=O)CSc1ccc(F)cc1.CC(O)(C#N)CSc1ccc(F)cc1.CC(O)(CS(=O)(=O)c1ccc(F)cc1)C(=O)O.CC(O)(CSc1ccc(F)cc1)C(=O)O.Fc1ccc(S)cc1.O.[2H]C([2H])(C)C(C)=O. The molecule has 23 heteroatoms. The molecular weight excluding hydrogens is 1050 g/mol. The number of nitriles is 1. The number of hydrogen-bond donors (Lipinski definition) is 6. The summed E-state index contributed by atoms with van der Waals surface area (Å²) < 4.78 is 99.0. The molecule has 0 aromatic heterocycles. The van der Waals surface area contributed by atoms with Crippen molar-refractivity contribution >= 4 is 81.3 Å². The van der Waals surface area contributed by atoms with Crippen LogP contribution in [0.1, 0.15) is 50.7 Å². The lowest BCUT2D eigenvalue weighted by Gasteiger charge is -2.17. The van der Waals surface area contributed by atoms with Crippen molar-refractivity contribution in [3.63, 3.8) is 0 Å². The van der Waals surface area contributed by atoms with E-state index in [0.717, 1.165) is 50.8 Å². The van der Waals surface area contributed by atoms with Gasteiger partial charge in [-0.1, -0.05) is 6.92 Å². The predicted molar refractivity (Wildman–Crippen MR) is 271 cm³/mol. The number of halogens is 5. The number of hydrogen-bond acceptors (Lipinski definition) is 14. The van der Waals surface area contributed by atoms with Crippen molar-refractivity contribution in [2.24, 2.45) is 0 Å². The molecule has 0 aliphatic carbocycles. The zero-order valence-corrected chi connectivity index (χ0v) is 43.6. The van der Waals surface area contributed by atoms with E-state index in [9.17, 15) is 64.9 Å². The third kappa shape index (κ3) is 31.9. The molecule has 0 saturated heterocycles. The van der Waals surface area contributed by atoms with Gasteiger partial charge >= 0.3 is 11.9 Å². The highest BCUT2D eigenvalue weighted by Crippen LogP contribution is 2.24. The second kappa shape index (κ2) is 34.2. The second-order valence-corrected chi connectivity index (χ2v) is 20.6. The van der Waals surface area contributed by atoms with Crippen LogP contribution in [0.15, 0.2) is 146 Å². The van der Waals surface area contributed by atoms with E-state index < -0.39 is 62.3 Å². The molecule has 0 aliphatic rings. The Hall–Kier alpha value is -5.29. The number of rotatable bonds is 15. The van der Waals surface area contributed by atoms with E-state index in [1.807, 2.05) is 0 Å². The lowest BCUT2D eigenvalue weighted by molar-refractivity contribution is -0.154. The van der Waals surface area contributed by atoms with Gasteiger partial charge in [0.05, 0.1) is 22.5 Å². The normalized spacial score (nSPS) is 13.2. The van der Waals surface area contributed by atoms with Crippen molar-refractivity contribution in [3.8, 4) is 6.07 Å². The van der Waals surface area contributed by atoms with Gasteiger partial charge in [0.15, 0.2) is 26.6 Å². The van der Waals surface area contributed by atoms with E-state index in [0.29, 0.717) is 5.75 Å². The first-order valence-corrected chi connectivity index (χ1v) is 25.2. The molecule has 3 atom stereocenters. The summed E-state index contributed by atoms with van der Waals surface area (Å²) in [6.07, 6.45) is -1.64. The molecule has 0 spiro atoms. The first-order chi connectivity index (χ1) is 33.5. The fraction of sp³-hybridized carbons (Fsp3) is 0.286. The Morgan fingerprint density at radius 2 is 0.903 bits per heavy atom. The average Bonchev–Trinajstić information content (AvgIpc) is 3.30. The van der Waals surface area contributed by atoms with Crippen molar-refractivity contribution in [3.05, 3.63) is 150 Å². The Morgan fingerprint density at radius 1 is 0.597 bits per heavy atom. The third-order valence-electron chi connectivity index (χ3n) is 7.91. The molecule has 5 rings (SSSR count). The van der Waals surface area contributed by atoms with Gasteiger partial charge in [0, 0.05) is 40.2 Å². The predicted octanol–water partition coefficient (Wildman–Crippen LogP) is 9.16. The molecule has 7 N–H and O–H groups in total. The highest BCUT2D eigenvalue weighted by Gasteiger charge is 2.36. The van der Waals surface area contributed by atoms with E-state index in [1.54, 1.807) is 42.5 Å². The van der Waals surface area contributed by atoms with Gasteiger partial charge in [-0.3, -0.25) is 4.79 Å².